The molecule has 0 saturated carbocycles. The predicted octanol–water partition coefficient (Wildman–Crippen LogP) is 5.69. The molecular formula is C30H25ClN6O. The zero-order chi connectivity index (χ0) is 25.8. The number of H-pyrrole nitrogens is 2. The van der Waals surface area contributed by atoms with Gasteiger partial charge >= 0.3 is 0 Å². The van der Waals surface area contributed by atoms with Crippen LogP contribution in [0, 0.1) is 0 Å². The molecule has 6 aromatic rings. The van der Waals surface area contributed by atoms with Crippen molar-refractivity contribution in [3.63, 3.8) is 0 Å². The number of hydrogen-bond donors (Lipinski definition) is 2. The summed E-state index contributed by atoms with van der Waals surface area (Å²) < 4.78 is 0. The molecule has 7 nitrogen and oxygen atoms in total. The molecule has 8 heteroatoms. The van der Waals surface area contributed by atoms with E-state index in [1.165, 1.54) is 0 Å². The van der Waals surface area contributed by atoms with Crippen molar-refractivity contribution in [3.05, 3.63) is 88.4 Å². The van der Waals surface area contributed by atoms with Crippen LogP contribution in [0.3, 0.4) is 0 Å². The van der Waals surface area contributed by atoms with Gasteiger partial charge in [0.1, 0.15) is 11.6 Å². The summed E-state index contributed by atoms with van der Waals surface area (Å²) in [5, 5.41) is 3.83. The molecule has 0 spiro atoms. The van der Waals surface area contributed by atoms with Crippen LogP contribution in [0.4, 0.5) is 5.82 Å². The predicted molar refractivity (Wildman–Crippen MR) is 155 cm³/mol. The summed E-state index contributed by atoms with van der Waals surface area (Å²) >= 11 is 6.48. The maximum Gasteiger partial charge on any atom is 0.256 e. The van der Waals surface area contributed by atoms with E-state index in [1.807, 2.05) is 36.5 Å². The Morgan fingerprint density at radius 1 is 0.895 bits per heavy atom. The van der Waals surface area contributed by atoms with Gasteiger partial charge in [0.05, 0.1) is 21.4 Å². The van der Waals surface area contributed by atoms with E-state index in [-0.39, 0.29) is 5.56 Å². The zero-order valence-electron chi connectivity index (χ0n) is 20.8. The molecule has 1 fully saturated rings. The fraction of sp³-hybridized carbons (Fsp3) is 0.167. The van der Waals surface area contributed by atoms with E-state index in [2.05, 4.69) is 57.1 Å². The van der Waals surface area contributed by atoms with Crippen molar-refractivity contribution in [3.8, 4) is 22.5 Å². The molecule has 0 amide bonds. The third-order valence-electron chi connectivity index (χ3n) is 7.52. The first-order valence-corrected chi connectivity index (χ1v) is 13.1. The summed E-state index contributed by atoms with van der Waals surface area (Å²) in [5.41, 5.74) is 4.32. The zero-order valence-corrected chi connectivity index (χ0v) is 21.6. The van der Waals surface area contributed by atoms with Crippen LogP contribution in [-0.2, 0) is 0 Å². The number of halogens is 1. The summed E-state index contributed by atoms with van der Waals surface area (Å²) in [6.45, 7) is 4.03. The lowest BCUT2D eigenvalue weighted by Gasteiger charge is -2.33. The van der Waals surface area contributed by atoms with Crippen LogP contribution in [0.5, 0.6) is 0 Å². The fourth-order valence-corrected chi connectivity index (χ4v) is 5.64. The van der Waals surface area contributed by atoms with Gasteiger partial charge in [-0.2, -0.15) is 0 Å². The number of fused-ring (bicyclic) bond motifs is 6. The van der Waals surface area contributed by atoms with E-state index in [1.54, 1.807) is 6.20 Å². The Balaban J connectivity index is 1.38. The highest BCUT2D eigenvalue weighted by atomic mass is 35.5. The van der Waals surface area contributed by atoms with Gasteiger partial charge in [-0.05, 0) is 54.4 Å². The number of rotatable bonds is 3. The quantitative estimate of drug-likeness (QED) is 0.293. The van der Waals surface area contributed by atoms with Crippen LogP contribution < -0.4 is 10.5 Å². The number of imidazole rings is 1. The molecule has 1 saturated heterocycles. The maximum absolute atomic E-state index is 13.1. The molecule has 1 aliphatic heterocycles. The first-order valence-electron chi connectivity index (χ1n) is 12.7. The summed E-state index contributed by atoms with van der Waals surface area (Å²) in [6.07, 6.45) is 3.59. The van der Waals surface area contributed by atoms with Crippen LogP contribution in [0.2, 0.25) is 5.02 Å². The van der Waals surface area contributed by atoms with Crippen molar-refractivity contribution in [1.82, 2.24) is 24.8 Å². The van der Waals surface area contributed by atoms with E-state index < -0.39 is 0 Å². The number of likely N-dealkylation sites (N-methyl/N-ethyl adjacent to an activating group) is 1. The van der Waals surface area contributed by atoms with Gasteiger partial charge < -0.3 is 19.8 Å². The minimum Gasteiger partial charge on any atom is -0.354 e. The maximum atomic E-state index is 13.1. The van der Waals surface area contributed by atoms with Gasteiger partial charge in [0.25, 0.3) is 5.56 Å². The minimum atomic E-state index is -0.141. The molecule has 0 unspecified atom stereocenters. The van der Waals surface area contributed by atoms with Gasteiger partial charge in [-0.1, -0.05) is 35.9 Å². The molecular weight excluding hydrogens is 496 g/mol. The standard InChI is InChI=1S/C30H25ClN6O/c1-36-12-14-37(15-13-36)25-9-7-19(17-33-25)18-6-8-20-23(16-18)26-22(10-11-32-30(26)38)28-27(20)34-29(35-28)21-4-2-3-5-24(21)31/h2-11,16-17H,12-15H2,1H3,(H,32,38)(H,34,35). The first-order chi connectivity index (χ1) is 18.6. The van der Waals surface area contributed by atoms with Crippen molar-refractivity contribution < 1.29 is 0 Å². The van der Waals surface area contributed by atoms with E-state index in [0.717, 1.165) is 75.9 Å². The number of aromatic amines is 2. The van der Waals surface area contributed by atoms with Crippen molar-refractivity contribution in [2.24, 2.45) is 0 Å². The summed E-state index contributed by atoms with van der Waals surface area (Å²) in [4.78, 5) is 33.8. The molecule has 3 aromatic heterocycles. The van der Waals surface area contributed by atoms with E-state index >= 15 is 0 Å². The topological polar surface area (TPSA) is 80.9 Å². The average Bonchev–Trinajstić information content (AvgIpc) is 3.39. The number of anilines is 1. The molecule has 0 atom stereocenters. The van der Waals surface area contributed by atoms with E-state index in [4.69, 9.17) is 21.6 Å². The van der Waals surface area contributed by atoms with Gasteiger partial charge in [-0.3, -0.25) is 4.79 Å². The number of pyridine rings is 2. The molecule has 7 rings (SSSR count). The Morgan fingerprint density at radius 2 is 1.71 bits per heavy atom. The third kappa shape index (κ3) is 3.74. The summed E-state index contributed by atoms with van der Waals surface area (Å²) in [6, 6.07) is 19.9. The lowest BCUT2D eigenvalue weighted by molar-refractivity contribution is 0.312. The monoisotopic (exact) mass is 520 g/mol. The number of hydrogen-bond acceptors (Lipinski definition) is 5. The van der Waals surface area contributed by atoms with Crippen LogP contribution in [0.25, 0.3) is 55.1 Å². The molecule has 38 heavy (non-hydrogen) atoms. The van der Waals surface area contributed by atoms with Crippen LogP contribution in [-0.4, -0.2) is 58.1 Å². The molecule has 4 heterocycles. The van der Waals surface area contributed by atoms with Crippen LogP contribution in [0.15, 0.2) is 77.9 Å². The first kappa shape index (κ1) is 23.0. The molecule has 0 radical (unpaired) electrons. The van der Waals surface area contributed by atoms with Crippen LogP contribution >= 0.6 is 11.6 Å². The summed E-state index contributed by atoms with van der Waals surface area (Å²) in [7, 11) is 2.15. The van der Waals surface area contributed by atoms with E-state index in [9.17, 15) is 4.79 Å². The lowest BCUT2D eigenvalue weighted by Crippen LogP contribution is -2.44. The highest BCUT2D eigenvalue weighted by molar-refractivity contribution is 6.33. The second kappa shape index (κ2) is 8.97. The summed E-state index contributed by atoms with van der Waals surface area (Å²) in [5.74, 6) is 1.67. The smallest absolute Gasteiger partial charge is 0.256 e. The second-order valence-electron chi connectivity index (χ2n) is 9.84. The number of nitrogens with zero attached hydrogens (tertiary/aromatic N) is 4. The van der Waals surface area contributed by atoms with E-state index in [0.29, 0.717) is 16.2 Å². The number of nitrogens with one attached hydrogen (secondary N) is 2. The van der Waals surface area contributed by atoms with Crippen molar-refractivity contribution >= 4 is 50.0 Å². The average molecular weight is 521 g/mol. The third-order valence-corrected chi connectivity index (χ3v) is 7.85. The molecule has 3 aromatic carbocycles. The number of aromatic nitrogens is 4. The lowest BCUT2D eigenvalue weighted by atomic mass is 9.97. The molecule has 0 bridgehead atoms. The number of piperazine rings is 1. The normalized spacial score (nSPS) is 14.6. The molecule has 188 valence electrons. The SMILES string of the molecule is CN1CCN(c2ccc(-c3ccc4c(c3)c3c(=O)[nH]ccc3c3nc(-c5ccccc5Cl)[nH]c43)cn2)CC1. The molecule has 0 aliphatic carbocycles. The Kier molecular flexibility index (Phi) is 5.42. The van der Waals surface area contributed by atoms with Gasteiger partial charge in [0, 0.05) is 60.5 Å². The fourth-order valence-electron chi connectivity index (χ4n) is 5.42. The van der Waals surface area contributed by atoms with Gasteiger partial charge in [-0.25, -0.2) is 9.97 Å². The number of benzene rings is 3. The minimum absolute atomic E-state index is 0.141. The second-order valence-corrected chi connectivity index (χ2v) is 10.2. The highest BCUT2D eigenvalue weighted by Crippen LogP contribution is 2.37. The Morgan fingerprint density at radius 3 is 2.50 bits per heavy atom. The highest BCUT2D eigenvalue weighted by Gasteiger charge is 2.18. The largest absolute Gasteiger partial charge is 0.354 e. The van der Waals surface area contributed by atoms with Crippen molar-refractivity contribution in [1.29, 1.82) is 0 Å². The molecule has 1 aliphatic rings. The molecule has 2 N–H and O–H groups in total. The van der Waals surface area contributed by atoms with Crippen molar-refractivity contribution in [2.45, 2.75) is 0 Å². The van der Waals surface area contributed by atoms with Gasteiger partial charge in [-0.15, -0.1) is 0 Å². The Labute approximate surface area is 223 Å². The van der Waals surface area contributed by atoms with Gasteiger partial charge in [0.15, 0.2) is 0 Å². The van der Waals surface area contributed by atoms with Gasteiger partial charge in [0.2, 0.25) is 0 Å². The van der Waals surface area contributed by atoms with Crippen molar-refractivity contribution in [2.75, 3.05) is 38.1 Å². The van der Waals surface area contributed by atoms with Crippen LogP contribution in [0.1, 0.15) is 0 Å². The Hall–Kier alpha value is -4.20. The Bertz CT molecular complexity index is 1880.